The Kier molecular flexibility index (Phi) is 3.15. The van der Waals surface area contributed by atoms with Crippen molar-refractivity contribution in [1.82, 2.24) is 0 Å². The number of furan rings is 1. The second kappa shape index (κ2) is 4.75. The molecule has 1 aromatic heterocycles. The number of methoxy groups -OCH3 is 1. The Bertz CT molecular complexity index is 449. The van der Waals surface area contributed by atoms with Gasteiger partial charge in [0.25, 0.3) is 0 Å². The molecule has 0 aliphatic heterocycles. The molecule has 84 valence electrons. The molecule has 0 spiro atoms. The maximum atomic E-state index is 5.24. The molecule has 0 aliphatic carbocycles. The molecule has 2 aromatic rings. The fourth-order valence-corrected chi connectivity index (χ4v) is 1.59. The van der Waals surface area contributed by atoms with E-state index in [-0.39, 0.29) is 0 Å². The smallest absolute Gasteiger partial charge is 0.122 e. The van der Waals surface area contributed by atoms with Gasteiger partial charge in [0.2, 0.25) is 0 Å². The Morgan fingerprint density at radius 3 is 2.81 bits per heavy atom. The molecule has 0 fully saturated rings. The van der Waals surface area contributed by atoms with Gasteiger partial charge in [-0.3, -0.25) is 0 Å². The molecule has 0 unspecified atom stereocenters. The summed E-state index contributed by atoms with van der Waals surface area (Å²) >= 11 is 0. The first-order valence-corrected chi connectivity index (χ1v) is 5.20. The van der Waals surface area contributed by atoms with Crippen LogP contribution in [0.3, 0.4) is 0 Å². The number of ether oxygens (including phenoxy) is 1. The lowest BCUT2D eigenvalue weighted by Gasteiger charge is -2.08. The van der Waals surface area contributed by atoms with Crippen LogP contribution >= 0.6 is 0 Å². The van der Waals surface area contributed by atoms with Crippen molar-refractivity contribution in [3.63, 3.8) is 0 Å². The lowest BCUT2D eigenvalue weighted by molar-refractivity contribution is 0.412. The van der Waals surface area contributed by atoms with Crippen LogP contribution in [0.4, 0.5) is 5.69 Å². The lowest BCUT2D eigenvalue weighted by atomic mass is 10.2. The highest BCUT2D eigenvalue weighted by Gasteiger charge is 2.00. The van der Waals surface area contributed by atoms with Gasteiger partial charge >= 0.3 is 0 Å². The Morgan fingerprint density at radius 1 is 1.31 bits per heavy atom. The van der Waals surface area contributed by atoms with Crippen LogP contribution in [-0.4, -0.2) is 7.11 Å². The molecule has 2 rings (SSSR count). The zero-order chi connectivity index (χ0) is 11.4. The summed E-state index contributed by atoms with van der Waals surface area (Å²) in [7, 11) is 1.68. The van der Waals surface area contributed by atoms with Crippen molar-refractivity contribution in [2.75, 3.05) is 12.4 Å². The third-order valence-electron chi connectivity index (χ3n) is 2.44. The Morgan fingerprint density at radius 2 is 2.19 bits per heavy atom. The zero-order valence-electron chi connectivity index (χ0n) is 9.49. The molecule has 1 aromatic carbocycles. The number of anilines is 1. The van der Waals surface area contributed by atoms with Gasteiger partial charge in [0.1, 0.15) is 11.5 Å². The molecule has 0 radical (unpaired) electrons. The molecule has 0 aliphatic rings. The molecule has 0 saturated carbocycles. The summed E-state index contributed by atoms with van der Waals surface area (Å²) in [6, 6.07) is 9.84. The average molecular weight is 217 g/mol. The van der Waals surface area contributed by atoms with Gasteiger partial charge in [-0.15, -0.1) is 0 Å². The molecule has 16 heavy (non-hydrogen) atoms. The summed E-state index contributed by atoms with van der Waals surface area (Å²) in [4.78, 5) is 0. The van der Waals surface area contributed by atoms with Crippen LogP contribution in [0.5, 0.6) is 5.75 Å². The zero-order valence-corrected chi connectivity index (χ0v) is 9.49. The van der Waals surface area contributed by atoms with Crippen LogP contribution in [-0.2, 0) is 6.54 Å². The normalized spacial score (nSPS) is 10.1. The standard InChI is InChI=1S/C13H15NO2/c1-10-8-11(5-6-13(10)15-2)14-9-12-4-3-7-16-12/h3-8,14H,9H2,1-2H3. The summed E-state index contributed by atoms with van der Waals surface area (Å²) in [5, 5.41) is 3.29. The van der Waals surface area contributed by atoms with Gasteiger partial charge in [0, 0.05) is 5.69 Å². The predicted molar refractivity (Wildman–Crippen MR) is 63.8 cm³/mol. The van der Waals surface area contributed by atoms with Crippen molar-refractivity contribution in [3.05, 3.63) is 47.9 Å². The van der Waals surface area contributed by atoms with Crippen LogP contribution in [0.15, 0.2) is 41.0 Å². The fraction of sp³-hybridized carbons (Fsp3) is 0.231. The van der Waals surface area contributed by atoms with Crippen LogP contribution in [0.1, 0.15) is 11.3 Å². The predicted octanol–water partition coefficient (Wildman–Crippen LogP) is 3.21. The molecule has 0 saturated heterocycles. The molecule has 1 N–H and O–H groups in total. The largest absolute Gasteiger partial charge is 0.496 e. The van der Waals surface area contributed by atoms with Gasteiger partial charge < -0.3 is 14.5 Å². The van der Waals surface area contributed by atoms with Gasteiger partial charge in [-0.2, -0.15) is 0 Å². The van der Waals surface area contributed by atoms with Crippen molar-refractivity contribution >= 4 is 5.69 Å². The summed E-state index contributed by atoms with van der Waals surface area (Å²) in [5.41, 5.74) is 2.18. The number of rotatable bonds is 4. The highest BCUT2D eigenvalue weighted by atomic mass is 16.5. The number of hydrogen-bond donors (Lipinski definition) is 1. The minimum atomic E-state index is 0.693. The van der Waals surface area contributed by atoms with Crippen LogP contribution < -0.4 is 10.1 Å². The van der Waals surface area contributed by atoms with Crippen LogP contribution in [0.25, 0.3) is 0 Å². The van der Waals surface area contributed by atoms with E-state index in [4.69, 9.17) is 9.15 Å². The van der Waals surface area contributed by atoms with Gasteiger partial charge in [0.15, 0.2) is 0 Å². The molecule has 0 atom stereocenters. The van der Waals surface area contributed by atoms with Crippen LogP contribution in [0, 0.1) is 6.92 Å². The van der Waals surface area contributed by atoms with Crippen molar-refractivity contribution in [2.24, 2.45) is 0 Å². The number of hydrogen-bond acceptors (Lipinski definition) is 3. The molecular weight excluding hydrogens is 202 g/mol. The number of benzene rings is 1. The second-order valence-electron chi connectivity index (χ2n) is 3.62. The molecule has 0 bridgehead atoms. The monoisotopic (exact) mass is 217 g/mol. The topological polar surface area (TPSA) is 34.4 Å². The molecule has 3 nitrogen and oxygen atoms in total. The van der Waals surface area contributed by atoms with Crippen molar-refractivity contribution < 1.29 is 9.15 Å². The van der Waals surface area contributed by atoms with E-state index in [0.29, 0.717) is 6.54 Å². The van der Waals surface area contributed by atoms with Gasteiger partial charge in [-0.05, 0) is 42.8 Å². The summed E-state index contributed by atoms with van der Waals surface area (Å²) < 4.78 is 10.4. The Labute approximate surface area is 95.0 Å². The summed E-state index contributed by atoms with van der Waals surface area (Å²) in [6.07, 6.45) is 1.68. The average Bonchev–Trinajstić information content (AvgIpc) is 2.79. The maximum Gasteiger partial charge on any atom is 0.122 e. The van der Waals surface area contributed by atoms with Gasteiger partial charge in [0.05, 0.1) is 19.9 Å². The van der Waals surface area contributed by atoms with Crippen molar-refractivity contribution in [2.45, 2.75) is 13.5 Å². The molecular formula is C13H15NO2. The van der Waals surface area contributed by atoms with Crippen molar-refractivity contribution in [3.8, 4) is 5.75 Å². The summed E-state index contributed by atoms with van der Waals surface area (Å²) in [6.45, 7) is 2.72. The van der Waals surface area contributed by atoms with Gasteiger partial charge in [-0.1, -0.05) is 0 Å². The highest BCUT2D eigenvalue weighted by molar-refractivity contribution is 5.50. The minimum absolute atomic E-state index is 0.693. The van der Waals surface area contributed by atoms with E-state index < -0.39 is 0 Å². The third-order valence-corrected chi connectivity index (χ3v) is 2.44. The number of nitrogens with one attached hydrogen (secondary N) is 1. The Hall–Kier alpha value is -1.90. The van der Waals surface area contributed by atoms with E-state index >= 15 is 0 Å². The minimum Gasteiger partial charge on any atom is -0.496 e. The first-order valence-electron chi connectivity index (χ1n) is 5.20. The van der Waals surface area contributed by atoms with Crippen molar-refractivity contribution in [1.29, 1.82) is 0 Å². The van der Waals surface area contributed by atoms with Crippen LogP contribution in [0.2, 0.25) is 0 Å². The van der Waals surface area contributed by atoms with E-state index in [0.717, 1.165) is 22.8 Å². The first kappa shape index (κ1) is 10.6. The van der Waals surface area contributed by atoms with E-state index in [9.17, 15) is 0 Å². The fourth-order valence-electron chi connectivity index (χ4n) is 1.59. The van der Waals surface area contributed by atoms with E-state index in [1.165, 1.54) is 0 Å². The maximum absolute atomic E-state index is 5.24. The molecule has 0 amide bonds. The molecule has 1 heterocycles. The number of aryl methyl sites for hydroxylation is 1. The second-order valence-corrected chi connectivity index (χ2v) is 3.62. The van der Waals surface area contributed by atoms with E-state index in [1.54, 1.807) is 13.4 Å². The highest BCUT2D eigenvalue weighted by Crippen LogP contribution is 2.21. The Balaban J connectivity index is 2.02. The lowest BCUT2D eigenvalue weighted by Crippen LogP contribution is -1.98. The van der Waals surface area contributed by atoms with E-state index in [2.05, 4.69) is 11.4 Å². The third kappa shape index (κ3) is 2.37. The van der Waals surface area contributed by atoms with Gasteiger partial charge in [-0.25, -0.2) is 0 Å². The summed E-state index contributed by atoms with van der Waals surface area (Å²) in [5.74, 6) is 1.83. The quantitative estimate of drug-likeness (QED) is 0.853. The molecule has 3 heteroatoms. The first-order chi connectivity index (χ1) is 7.79. The SMILES string of the molecule is COc1ccc(NCc2ccco2)cc1C. The van der Waals surface area contributed by atoms with E-state index in [1.807, 2.05) is 31.2 Å².